The van der Waals surface area contributed by atoms with Crippen molar-refractivity contribution in [2.75, 3.05) is 26.2 Å². The molecule has 2 amide bonds. The number of likely N-dealkylation sites (tertiary alicyclic amines) is 1. The maximum atomic E-state index is 12.1. The lowest BCUT2D eigenvalue weighted by Gasteiger charge is -2.33. The Labute approximate surface area is 138 Å². The summed E-state index contributed by atoms with van der Waals surface area (Å²) >= 11 is 0. The molecule has 1 heterocycles. The first-order valence-corrected chi connectivity index (χ1v) is 8.39. The number of hydrogen-bond acceptors (Lipinski definition) is 3. The molecule has 1 aromatic carbocycles. The molecule has 2 N–H and O–H groups in total. The second-order valence-corrected chi connectivity index (χ2v) is 6.37. The Hall–Kier alpha value is -1.75. The summed E-state index contributed by atoms with van der Waals surface area (Å²) in [7, 11) is 0. The molecular weight excluding hydrogens is 292 g/mol. The van der Waals surface area contributed by atoms with Crippen LogP contribution in [-0.2, 0) is 0 Å². The average Bonchev–Trinajstić information content (AvgIpc) is 2.53. The fourth-order valence-electron chi connectivity index (χ4n) is 3.03. The van der Waals surface area contributed by atoms with Crippen molar-refractivity contribution in [2.45, 2.75) is 39.7 Å². The third kappa shape index (κ3) is 4.86. The van der Waals surface area contributed by atoms with Crippen LogP contribution in [0.1, 0.15) is 30.9 Å². The van der Waals surface area contributed by atoms with Crippen LogP contribution in [0.4, 0.5) is 4.79 Å². The zero-order valence-electron chi connectivity index (χ0n) is 14.3. The first-order chi connectivity index (χ1) is 11.0. The van der Waals surface area contributed by atoms with Crippen LogP contribution in [-0.4, -0.2) is 48.4 Å². The van der Waals surface area contributed by atoms with Gasteiger partial charge in [0.25, 0.3) is 0 Å². The Balaban J connectivity index is 1.69. The smallest absolute Gasteiger partial charge is 0.317 e. The second kappa shape index (κ2) is 8.20. The first-order valence-electron chi connectivity index (χ1n) is 8.39. The molecule has 23 heavy (non-hydrogen) atoms. The van der Waals surface area contributed by atoms with E-state index in [9.17, 15) is 9.90 Å². The Morgan fingerprint density at radius 1 is 1.35 bits per heavy atom. The molecule has 0 radical (unpaired) electrons. The van der Waals surface area contributed by atoms with E-state index in [0.717, 1.165) is 29.7 Å². The topological polar surface area (TPSA) is 61.8 Å². The number of carbonyl (C=O) groups excluding carboxylic acids is 1. The quantitative estimate of drug-likeness (QED) is 0.819. The summed E-state index contributed by atoms with van der Waals surface area (Å²) in [6.45, 7) is 8.23. The molecule has 1 unspecified atom stereocenters. The monoisotopic (exact) mass is 320 g/mol. The Morgan fingerprint density at radius 2 is 1.96 bits per heavy atom. The van der Waals surface area contributed by atoms with Gasteiger partial charge in [-0.15, -0.1) is 0 Å². The second-order valence-electron chi connectivity index (χ2n) is 6.37. The van der Waals surface area contributed by atoms with Crippen LogP contribution in [0.5, 0.6) is 5.75 Å². The van der Waals surface area contributed by atoms with Crippen LogP contribution in [0.2, 0.25) is 0 Å². The SMILES string of the molecule is Cc1cccc(C)c1OCCNC(=O)N1CCC(C(C)O)CC1. The number of nitrogens with one attached hydrogen (secondary N) is 1. The molecule has 1 saturated heterocycles. The molecule has 5 nitrogen and oxygen atoms in total. The van der Waals surface area contributed by atoms with Gasteiger partial charge < -0.3 is 20.1 Å². The van der Waals surface area contributed by atoms with Crippen LogP contribution in [0.3, 0.4) is 0 Å². The van der Waals surface area contributed by atoms with Crippen molar-refractivity contribution < 1.29 is 14.6 Å². The highest BCUT2D eigenvalue weighted by molar-refractivity contribution is 5.74. The van der Waals surface area contributed by atoms with Crippen LogP contribution in [0.15, 0.2) is 18.2 Å². The molecule has 1 atom stereocenters. The summed E-state index contributed by atoms with van der Waals surface area (Å²) in [4.78, 5) is 13.9. The number of nitrogens with zero attached hydrogens (tertiary/aromatic N) is 1. The maximum absolute atomic E-state index is 12.1. The third-order valence-corrected chi connectivity index (χ3v) is 4.54. The number of ether oxygens (including phenoxy) is 1. The van der Waals surface area contributed by atoms with Crippen LogP contribution in [0, 0.1) is 19.8 Å². The van der Waals surface area contributed by atoms with Gasteiger partial charge in [0, 0.05) is 13.1 Å². The predicted octanol–water partition coefficient (Wildman–Crippen LogP) is 2.48. The number of carbonyl (C=O) groups is 1. The van der Waals surface area contributed by atoms with Gasteiger partial charge in [-0.1, -0.05) is 18.2 Å². The molecule has 0 bridgehead atoms. The largest absolute Gasteiger partial charge is 0.491 e. The van der Waals surface area contributed by atoms with E-state index in [4.69, 9.17) is 4.74 Å². The highest BCUT2D eigenvalue weighted by Gasteiger charge is 2.25. The first kappa shape index (κ1) is 17.6. The van der Waals surface area contributed by atoms with E-state index in [-0.39, 0.29) is 12.1 Å². The number of urea groups is 1. The minimum Gasteiger partial charge on any atom is -0.491 e. The van der Waals surface area contributed by atoms with Crippen LogP contribution >= 0.6 is 0 Å². The molecule has 1 fully saturated rings. The van der Waals surface area contributed by atoms with Crippen molar-refractivity contribution in [1.29, 1.82) is 0 Å². The van der Waals surface area contributed by atoms with Gasteiger partial charge in [-0.05, 0) is 50.7 Å². The number of benzene rings is 1. The van der Waals surface area contributed by atoms with Crippen molar-refractivity contribution in [3.63, 3.8) is 0 Å². The van der Waals surface area contributed by atoms with Gasteiger partial charge in [0.2, 0.25) is 0 Å². The molecule has 5 heteroatoms. The van der Waals surface area contributed by atoms with E-state index < -0.39 is 0 Å². The van der Waals surface area contributed by atoms with E-state index in [2.05, 4.69) is 5.32 Å². The molecule has 1 aromatic rings. The Kier molecular flexibility index (Phi) is 6.28. The van der Waals surface area contributed by atoms with Gasteiger partial charge in [-0.2, -0.15) is 0 Å². The standard InChI is InChI=1S/C18H28N2O3/c1-13-5-4-6-14(2)17(13)23-12-9-19-18(22)20-10-7-16(8-11-20)15(3)21/h4-6,15-16,21H,7-12H2,1-3H3,(H,19,22). The molecule has 0 saturated carbocycles. The zero-order chi connectivity index (χ0) is 16.8. The molecule has 2 rings (SSSR count). The number of aryl methyl sites for hydroxylation is 2. The molecule has 1 aliphatic heterocycles. The van der Waals surface area contributed by atoms with Gasteiger partial charge >= 0.3 is 6.03 Å². The summed E-state index contributed by atoms with van der Waals surface area (Å²) in [5.74, 6) is 1.21. The molecule has 128 valence electrons. The number of aliphatic hydroxyl groups excluding tert-OH is 1. The maximum Gasteiger partial charge on any atom is 0.317 e. The van der Waals surface area contributed by atoms with Gasteiger partial charge in [0.1, 0.15) is 12.4 Å². The lowest BCUT2D eigenvalue weighted by molar-refractivity contribution is 0.0797. The minimum atomic E-state index is -0.286. The minimum absolute atomic E-state index is 0.0425. The molecule has 0 spiro atoms. The molecular formula is C18H28N2O3. The highest BCUT2D eigenvalue weighted by atomic mass is 16.5. The van der Waals surface area contributed by atoms with Crippen molar-refractivity contribution >= 4 is 6.03 Å². The van der Waals surface area contributed by atoms with E-state index in [0.29, 0.717) is 32.2 Å². The van der Waals surface area contributed by atoms with Crippen molar-refractivity contribution in [3.8, 4) is 5.75 Å². The van der Waals surface area contributed by atoms with Gasteiger partial charge in [0.15, 0.2) is 0 Å². The third-order valence-electron chi connectivity index (χ3n) is 4.54. The van der Waals surface area contributed by atoms with Gasteiger partial charge in [-0.3, -0.25) is 0 Å². The van der Waals surface area contributed by atoms with E-state index >= 15 is 0 Å². The zero-order valence-corrected chi connectivity index (χ0v) is 14.3. The van der Waals surface area contributed by atoms with E-state index in [1.54, 1.807) is 0 Å². The lowest BCUT2D eigenvalue weighted by Crippen LogP contribution is -2.46. The van der Waals surface area contributed by atoms with E-state index in [1.165, 1.54) is 0 Å². The summed E-state index contributed by atoms with van der Waals surface area (Å²) in [6.07, 6.45) is 1.44. The number of rotatable bonds is 5. The van der Waals surface area contributed by atoms with E-state index in [1.807, 2.05) is 43.9 Å². The molecule has 0 aliphatic carbocycles. The number of amides is 2. The average molecular weight is 320 g/mol. The van der Waals surface area contributed by atoms with Gasteiger partial charge in [0.05, 0.1) is 12.6 Å². The number of hydrogen-bond donors (Lipinski definition) is 2. The van der Waals surface area contributed by atoms with Crippen molar-refractivity contribution in [3.05, 3.63) is 29.3 Å². The summed E-state index contributed by atoms with van der Waals surface area (Å²) in [5, 5.41) is 12.5. The fraction of sp³-hybridized carbons (Fsp3) is 0.611. The summed E-state index contributed by atoms with van der Waals surface area (Å²) in [5.41, 5.74) is 2.22. The number of aliphatic hydroxyl groups is 1. The van der Waals surface area contributed by atoms with Crippen LogP contribution < -0.4 is 10.1 Å². The molecule has 0 aromatic heterocycles. The fourth-order valence-corrected chi connectivity index (χ4v) is 3.03. The summed E-state index contributed by atoms with van der Waals surface area (Å²) < 4.78 is 5.79. The number of para-hydroxylation sites is 1. The number of piperidine rings is 1. The summed E-state index contributed by atoms with van der Waals surface area (Å²) in [6, 6.07) is 6.01. The Morgan fingerprint density at radius 3 is 2.52 bits per heavy atom. The van der Waals surface area contributed by atoms with Gasteiger partial charge in [-0.25, -0.2) is 4.79 Å². The molecule has 1 aliphatic rings. The predicted molar refractivity (Wildman–Crippen MR) is 90.8 cm³/mol. The normalized spacial score (nSPS) is 17.0. The van der Waals surface area contributed by atoms with Crippen molar-refractivity contribution in [1.82, 2.24) is 10.2 Å². The lowest BCUT2D eigenvalue weighted by atomic mass is 9.92. The van der Waals surface area contributed by atoms with Crippen LogP contribution in [0.25, 0.3) is 0 Å². The highest BCUT2D eigenvalue weighted by Crippen LogP contribution is 2.22. The van der Waals surface area contributed by atoms with Crippen molar-refractivity contribution in [2.24, 2.45) is 5.92 Å². The Bertz CT molecular complexity index is 503.